The molecule has 0 fully saturated rings. The number of unbranched alkanes of at least 4 members (excludes halogenated alkanes) is 1. The molecule has 0 spiro atoms. The van der Waals surface area contributed by atoms with Crippen molar-refractivity contribution >= 4 is 16.9 Å². The SMILES string of the molecule is CCCC[Si](C)(C)O[Si](C)(C)OCCCOCCOC. The Morgan fingerprint density at radius 3 is 2.15 bits per heavy atom. The van der Waals surface area contributed by atoms with Gasteiger partial charge >= 0.3 is 8.56 Å². The van der Waals surface area contributed by atoms with Crippen LogP contribution in [0.15, 0.2) is 0 Å². The van der Waals surface area contributed by atoms with Crippen LogP contribution in [0.2, 0.25) is 32.2 Å². The van der Waals surface area contributed by atoms with E-state index in [2.05, 4.69) is 33.1 Å². The number of hydrogen-bond acceptors (Lipinski definition) is 4. The van der Waals surface area contributed by atoms with Gasteiger partial charge in [0.05, 0.1) is 13.2 Å². The monoisotopic (exact) mass is 322 g/mol. The van der Waals surface area contributed by atoms with Gasteiger partial charge in [-0.3, -0.25) is 0 Å². The van der Waals surface area contributed by atoms with Gasteiger partial charge in [0.2, 0.25) is 0 Å². The van der Waals surface area contributed by atoms with Crippen molar-refractivity contribution in [1.82, 2.24) is 0 Å². The summed E-state index contributed by atoms with van der Waals surface area (Å²) in [4.78, 5) is 0. The minimum absolute atomic E-state index is 0.654. The van der Waals surface area contributed by atoms with Crippen LogP contribution in [0.4, 0.5) is 0 Å². The predicted molar refractivity (Wildman–Crippen MR) is 89.0 cm³/mol. The molecule has 0 aromatic carbocycles. The van der Waals surface area contributed by atoms with Crippen LogP contribution in [0.25, 0.3) is 0 Å². The lowest BCUT2D eigenvalue weighted by Gasteiger charge is -2.33. The summed E-state index contributed by atoms with van der Waals surface area (Å²) in [5.41, 5.74) is 0. The highest BCUT2D eigenvalue weighted by Gasteiger charge is 2.33. The fourth-order valence-corrected chi connectivity index (χ4v) is 9.88. The number of hydrogen-bond donors (Lipinski definition) is 0. The summed E-state index contributed by atoms with van der Waals surface area (Å²) in [6.45, 7) is 13.9. The molecular formula is C14H34O4Si2. The lowest BCUT2D eigenvalue weighted by molar-refractivity contribution is 0.0628. The van der Waals surface area contributed by atoms with E-state index in [1.807, 2.05) is 0 Å². The van der Waals surface area contributed by atoms with Crippen molar-refractivity contribution in [2.45, 2.75) is 58.4 Å². The molecule has 0 aliphatic heterocycles. The zero-order valence-corrected chi connectivity index (χ0v) is 16.3. The molecule has 0 aliphatic carbocycles. The quantitative estimate of drug-likeness (QED) is 0.382. The average Bonchev–Trinajstić information content (AvgIpc) is 2.34. The third kappa shape index (κ3) is 12.0. The van der Waals surface area contributed by atoms with E-state index in [1.54, 1.807) is 7.11 Å². The summed E-state index contributed by atoms with van der Waals surface area (Å²) in [6.07, 6.45) is 3.42. The van der Waals surface area contributed by atoms with Crippen LogP contribution >= 0.6 is 0 Å². The third-order valence-corrected chi connectivity index (χ3v) is 9.60. The molecule has 0 amide bonds. The Labute approximate surface area is 127 Å². The molecule has 0 saturated heterocycles. The molecule has 20 heavy (non-hydrogen) atoms. The smallest absolute Gasteiger partial charge is 0.321 e. The van der Waals surface area contributed by atoms with Crippen molar-refractivity contribution < 1.29 is 18.0 Å². The highest BCUT2D eigenvalue weighted by atomic mass is 28.4. The summed E-state index contributed by atoms with van der Waals surface area (Å²) >= 11 is 0. The van der Waals surface area contributed by atoms with Crippen molar-refractivity contribution in [3.8, 4) is 0 Å². The predicted octanol–water partition coefficient (Wildman–Crippen LogP) is 3.78. The highest BCUT2D eigenvalue weighted by Crippen LogP contribution is 2.21. The molecule has 0 unspecified atom stereocenters. The summed E-state index contributed by atoms with van der Waals surface area (Å²) in [5.74, 6) is 0. The zero-order chi connectivity index (χ0) is 15.5. The van der Waals surface area contributed by atoms with Gasteiger partial charge in [0.1, 0.15) is 0 Å². The zero-order valence-electron chi connectivity index (χ0n) is 14.3. The van der Waals surface area contributed by atoms with E-state index in [0.29, 0.717) is 13.2 Å². The van der Waals surface area contributed by atoms with Crippen molar-refractivity contribution in [3.63, 3.8) is 0 Å². The second-order valence-corrected chi connectivity index (χ2v) is 14.1. The Hall–Kier alpha value is 0.274. The molecule has 122 valence electrons. The molecule has 0 aliphatic rings. The summed E-state index contributed by atoms with van der Waals surface area (Å²) in [5, 5.41) is 0. The molecule has 0 aromatic rings. The maximum absolute atomic E-state index is 6.37. The molecule has 0 atom stereocenters. The molecule has 0 bridgehead atoms. The van der Waals surface area contributed by atoms with E-state index in [9.17, 15) is 0 Å². The topological polar surface area (TPSA) is 36.9 Å². The first-order valence-electron chi connectivity index (χ1n) is 7.74. The van der Waals surface area contributed by atoms with Crippen molar-refractivity contribution in [2.75, 3.05) is 33.5 Å². The first-order valence-corrected chi connectivity index (χ1v) is 13.7. The van der Waals surface area contributed by atoms with Crippen molar-refractivity contribution in [2.24, 2.45) is 0 Å². The van der Waals surface area contributed by atoms with Gasteiger partial charge in [-0.05, 0) is 38.7 Å². The van der Waals surface area contributed by atoms with Gasteiger partial charge in [-0.15, -0.1) is 0 Å². The maximum atomic E-state index is 6.37. The van der Waals surface area contributed by atoms with Crippen molar-refractivity contribution in [1.29, 1.82) is 0 Å². The Balaban J connectivity index is 3.77. The second kappa shape index (κ2) is 10.9. The Morgan fingerprint density at radius 2 is 1.55 bits per heavy atom. The lowest BCUT2D eigenvalue weighted by Crippen LogP contribution is -2.46. The normalized spacial score (nSPS) is 12.9. The van der Waals surface area contributed by atoms with Gasteiger partial charge in [-0.1, -0.05) is 19.8 Å². The number of methoxy groups -OCH3 is 1. The third-order valence-electron chi connectivity index (χ3n) is 2.97. The lowest BCUT2D eigenvalue weighted by atomic mass is 10.4. The molecule has 6 heteroatoms. The van der Waals surface area contributed by atoms with E-state index in [4.69, 9.17) is 18.0 Å². The van der Waals surface area contributed by atoms with Crippen LogP contribution in [0.3, 0.4) is 0 Å². The first-order chi connectivity index (χ1) is 9.33. The van der Waals surface area contributed by atoms with Gasteiger partial charge in [0, 0.05) is 20.3 Å². The molecular weight excluding hydrogens is 288 g/mol. The van der Waals surface area contributed by atoms with E-state index in [0.717, 1.165) is 19.6 Å². The largest absolute Gasteiger partial charge is 0.436 e. The minimum Gasteiger partial charge on any atom is -0.436 e. The van der Waals surface area contributed by atoms with Gasteiger partial charge in [0.25, 0.3) is 0 Å². The Kier molecular flexibility index (Phi) is 11.1. The van der Waals surface area contributed by atoms with Crippen LogP contribution in [0.1, 0.15) is 26.2 Å². The summed E-state index contributed by atoms with van der Waals surface area (Å²) < 4.78 is 22.7. The van der Waals surface area contributed by atoms with Crippen LogP contribution < -0.4 is 0 Å². The minimum atomic E-state index is -1.98. The molecule has 4 nitrogen and oxygen atoms in total. The standard InChI is InChI=1S/C14H34O4Si2/c1-7-8-14-19(3,4)18-20(5,6)17-11-9-10-16-13-12-15-2/h7-14H2,1-6H3. The molecule has 0 heterocycles. The maximum Gasteiger partial charge on any atom is 0.321 e. The van der Waals surface area contributed by atoms with E-state index in [-0.39, 0.29) is 0 Å². The fourth-order valence-electron chi connectivity index (χ4n) is 2.07. The number of rotatable bonds is 13. The number of ether oxygens (including phenoxy) is 2. The average molecular weight is 323 g/mol. The van der Waals surface area contributed by atoms with Gasteiger partial charge in [0.15, 0.2) is 8.32 Å². The van der Waals surface area contributed by atoms with Gasteiger partial charge in [-0.2, -0.15) is 0 Å². The second-order valence-electron chi connectivity index (χ2n) is 6.17. The molecule has 0 saturated carbocycles. The fraction of sp³-hybridized carbons (Fsp3) is 1.00. The van der Waals surface area contributed by atoms with Crippen LogP contribution in [-0.4, -0.2) is 50.4 Å². The molecule has 0 rings (SSSR count). The van der Waals surface area contributed by atoms with Crippen LogP contribution in [-0.2, 0) is 18.0 Å². The van der Waals surface area contributed by atoms with Gasteiger partial charge in [-0.25, -0.2) is 0 Å². The van der Waals surface area contributed by atoms with E-state index >= 15 is 0 Å². The highest BCUT2D eigenvalue weighted by molar-refractivity contribution is 6.82. The van der Waals surface area contributed by atoms with Crippen LogP contribution in [0, 0.1) is 0 Å². The molecule has 0 aromatic heterocycles. The van der Waals surface area contributed by atoms with E-state index in [1.165, 1.54) is 18.9 Å². The van der Waals surface area contributed by atoms with Crippen LogP contribution in [0.5, 0.6) is 0 Å². The summed E-state index contributed by atoms with van der Waals surface area (Å²) in [6, 6.07) is 1.23. The first kappa shape index (κ1) is 20.3. The van der Waals surface area contributed by atoms with Gasteiger partial charge < -0.3 is 18.0 Å². The molecule has 0 N–H and O–H groups in total. The molecule has 0 radical (unpaired) electrons. The summed E-state index contributed by atoms with van der Waals surface area (Å²) in [7, 11) is -1.86. The Morgan fingerprint density at radius 1 is 0.850 bits per heavy atom. The van der Waals surface area contributed by atoms with E-state index < -0.39 is 16.9 Å². The van der Waals surface area contributed by atoms with Crippen molar-refractivity contribution in [3.05, 3.63) is 0 Å². The Bertz CT molecular complexity index is 235.